The zero-order chi connectivity index (χ0) is 15.8. The van der Waals surface area contributed by atoms with Gasteiger partial charge in [0.2, 0.25) is 5.89 Å². The maximum Gasteiger partial charge on any atom is 0.283 e. The number of nitrogens with zero attached hydrogens (tertiary/aromatic N) is 4. The second kappa shape index (κ2) is 5.14. The largest absolute Gasteiger partial charge is 0.337 e. The fourth-order valence-corrected chi connectivity index (χ4v) is 2.36. The van der Waals surface area contributed by atoms with Crippen LogP contribution in [0.3, 0.4) is 0 Å². The van der Waals surface area contributed by atoms with Crippen LogP contribution in [0.25, 0.3) is 0 Å². The summed E-state index contributed by atoms with van der Waals surface area (Å²) in [5, 5.41) is 3.54. The second-order valence-corrected chi connectivity index (χ2v) is 7.66. The van der Waals surface area contributed by atoms with Crippen molar-refractivity contribution >= 4 is 16.0 Å². The van der Waals surface area contributed by atoms with Gasteiger partial charge in [0, 0.05) is 17.7 Å². The average molecular weight is 313 g/mol. The molecule has 0 unspecified atom stereocenters. The summed E-state index contributed by atoms with van der Waals surface area (Å²) < 4.78 is 33.4. The molecule has 2 aromatic rings. The fraction of sp³-hybridized carbons (Fsp3) is 0.583. The van der Waals surface area contributed by atoms with Gasteiger partial charge in [-0.05, 0) is 19.0 Å². The molecule has 2 rings (SSSR count). The minimum Gasteiger partial charge on any atom is -0.337 e. The van der Waals surface area contributed by atoms with Crippen molar-refractivity contribution in [1.82, 2.24) is 19.7 Å². The van der Waals surface area contributed by atoms with Crippen molar-refractivity contribution in [2.24, 2.45) is 0 Å². The van der Waals surface area contributed by atoms with Crippen LogP contribution in [0.4, 0.5) is 5.95 Å². The molecule has 0 atom stereocenters. The first kappa shape index (κ1) is 15.5. The predicted molar refractivity (Wildman–Crippen MR) is 76.4 cm³/mol. The normalized spacial score (nSPS) is 12.9. The third-order valence-corrected chi connectivity index (χ3v) is 3.96. The van der Waals surface area contributed by atoms with E-state index in [2.05, 4.69) is 19.8 Å². The van der Waals surface area contributed by atoms with Gasteiger partial charge < -0.3 is 9.09 Å². The third kappa shape index (κ3) is 3.41. The maximum atomic E-state index is 12.2. The predicted octanol–water partition coefficient (Wildman–Crippen LogP) is 1.95. The van der Waals surface area contributed by atoms with Gasteiger partial charge in [-0.3, -0.25) is 0 Å². The van der Waals surface area contributed by atoms with E-state index in [1.807, 2.05) is 34.6 Å². The topological polar surface area (TPSA) is 103 Å². The zero-order valence-electron chi connectivity index (χ0n) is 12.7. The number of sulfonamides is 1. The van der Waals surface area contributed by atoms with Gasteiger partial charge in [0.25, 0.3) is 16.0 Å². The zero-order valence-corrected chi connectivity index (χ0v) is 13.5. The van der Waals surface area contributed by atoms with Crippen molar-refractivity contribution < 1.29 is 12.9 Å². The SMILES string of the molecule is CC(C)n1cnc(S(=O)(=O)Nc2noc(C(C)(C)C)n2)c1. The summed E-state index contributed by atoms with van der Waals surface area (Å²) >= 11 is 0. The molecule has 0 spiro atoms. The van der Waals surface area contributed by atoms with E-state index in [0.717, 1.165) is 0 Å². The number of anilines is 1. The number of rotatable bonds is 4. The van der Waals surface area contributed by atoms with Crippen LogP contribution >= 0.6 is 0 Å². The molecule has 0 aliphatic rings. The minimum absolute atomic E-state index is 0.0849. The highest BCUT2D eigenvalue weighted by Gasteiger charge is 2.25. The van der Waals surface area contributed by atoms with E-state index in [1.54, 1.807) is 4.57 Å². The number of aromatic nitrogens is 4. The van der Waals surface area contributed by atoms with Crippen molar-refractivity contribution in [2.75, 3.05) is 4.72 Å². The number of nitrogens with one attached hydrogen (secondary N) is 1. The van der Waals surface area contributed by atoms with Crippen molar-refractivity contribution in [1.29, 1.82) is 0 Å². The Morgan fingerprint density at radius 3 is 2.48 bits per heavy atom. The van der Waals surface area contributed by atoms with Crippen LogP contribution in [0.2, 0.25) is 0 Å². The van der Waals surface area contributed by atoms with E-state index in [1.165, 1.54) is 12.5 Å². The molecule has 1 N–H and O–H groups in total. The number of hydrogen-bond acceptors (Lipinski definition) is 6. The summed E-state index contributed by atoms with van der Waals surface area (Å²) in [6.07, 6.45) is 2.92. The third-order valence-electron chi connectivity index (χ3n) is 2.74. The molecule has 21 heavy (non-hydrogen) atoms. The van der Waals surface area contributed by atoms with Crippen LogP contribution in [-0.4, -0.2) is 28.1 Å². The van der Waals surface area contributed by atoms with Gasteiger partial charge in [0.15, 0.2) is 5.03 Å². The van der Waals surface area contributed by atoms with Crippen LogP contribution in [0.1, 0.15) is 46.6 Å². The van der Waals surface area contributed by atoms with Crippen molar-refractivity contribution in [3.63, 3.8) is 0 Å². The molecule has 0 saturated carbocycles. The summed E-state index contributed by atoms with van der Waals surface area (Å²) in [7, 11) is -3.83. The Kier molecular flexibility index (Phi) is 3.79. The van der Waals surface area contributed by atoms with Gasteiger partial charge in [-0.1, -0.05) is 20.8 Å². The highest BCUT2D eigenvalue weighted by atomic mass is 32.2. The van der Waals surface area contributed by atoms with E-state index in [-0.39, 0.29) is 22.4 Å². The first-order valence-electron chi connectivity index (χ1n) is 6.50. The Morgan fingerprint density at radius 1 is 1.33 bits per heavy atom. The lowest BCUT2D eigenvalue weighted by Crippen LogP contribution is -2.15. The molecule has 0 fully saturated rings. The summed E-state index contributed by atoms with van der Waals surface area (Å²) in [6, 6.07) is 0.124. The van der Waals surface area contributed by atoms with Crippen molar-refractivity contribution in [3.8, 4) is 0 Å². The average Bonchev–Trinajstić information content (AvgIpc) is 2.94. The number of imidazole rings is 1. The molecule has 0 aliphatic heterocycles. The molecule has 0 amide bonds. The molecular formula is C12H19N5O3S. The Balaban J connectivity index is 2.23. The smallest absolute Gasteiger partial charge is 0.283 e. The fourth-order valence-electron chi connectivity index (χ4n) is 1.48. The quantitative estimate of drug-likeness (QED) is 0.925. The van der Waals surface area contributed by atoms with Gasteiger partial charge in [-0.25, -0.2) is 9.71 Å². The highest BCUT2D eigenvalue weighted by Crippen LogP contribution is 2.22. The molecule has 116 valence electrons. The van der Waals surface area contributed by atoms with Crippen LogP contribution in [0.5, 0.6) is 0 Å². The van der Waals surface area contributed by atoms with Crippen LogP contribution in [0, 0.1) is 0 Å². The minimum atomic E-state index is -3.83. The molecule has 9 heteroatoms. The Bertz CT molecular complexity index is 724. The number of hydrogen-bond donors (Lipinski definition) is 1. The van der Waals surface area contributed by atoms with Crippen molar-refractivity contribution in [2.45, 2.75) is 51.1 Å². The summed E-state index contributed by atoms with van der Waals surface area (Å²) in [6.45, 7) is 9.54. The monoisotopic (exact) mass is 313 g/mol. The van der Waals surface area contributed by atoms with E-state index < -0.39 is 10.0 Å². The molecule has 0 bridgehead atoms. The molecule has 0 radical (unpaired) electrons. The second-order valence-electron chi connectivity index (χ2n) is 6.03. The first-order valence-corrected chi connectivity index (χ1v) is 7.98. The van der Waals surface area contributed by atoms with Gasteiger partial charge in [0.05, 0.1) is 6.33 Å². The van der Waals surface area contributed by atoms with Gasteiger partial charge in [0.1, 0.15) is 0 Å². The molecular weight excluding hydrogens is 294 g/mol. The lowest BCUT2D eigenvalue weighted by Gasteiger charge is -2.10. The molecule has 0 aromatic carbocycles. The van der Waals surface area contributed by atoms with Gasteiger partial charge in [-0.15, -0.1) is 0 Å². The lowest BCUT2D eigenvalue weighted by atomic mass is 9.97. The van der Waals surface area contributed by atoms with E-state index in [4.69, 9.17) is 4.52 Å². The van der Waals surface area contributed by atoms with E-state index in [0.29, 0.717) is 5.89 Å². The Morgan fingerprint density at radius 2 is 2.00 bits per heavy atom. The molecule has 0 saturated heterocycles. The van der Waals surface area contributed by atoms with Crippen LogP contribution in [-0.2, 0) is 15.4 Å². The first-order chi connectivity index (χ1) is 9.59. The Hall–Kier alpha value is -1.90. The lowest BCUT2D eigenvalue weighted by molar-refractivity contribution is 0.321. The van der Waals surface area contributed by atoms with Gasteiger partial charge >= 0.3 is 0 Å². The maximum absolute atomic E-state index is 12.2. The molecule has 2 heterocycles. The summed E-state index contributed by atoms with van der Waals surface area (Å²) in [5.41, 5.74) is -0.351. The van der Waals surface area contributed by atoms with Crippen molar-refractivity contribution in [3.05, 3.63) is 18.4 Å². The highest BCUT2D eigenvalue weighted by molar-refractivity contribution is 7.92. The van der Waals surface area contributed by atoms with Crippen LogP contribution < -0.4 is 4.72 Å². The summed E-state index contributed by atoms with van der Waals surface area (Å²) in [5.74, 6) is 0.256. The molecule has 2 aromatic heterocycles. The van der Waals surface area contributed by atoms with Gasteiger partial charge in [-0.2, -0.15) is 13.4 Å². The molecule has 0 aliphatic carbocycles. The Labute approximate surface area is 123 Å². The molecule has 8 nitrogen and oxygen atoms in total. The standard InChI is InChI=1S/C12H19N5O3S/c1-8(2)17-6-9(13-7-17)21(18,19)16-11-14-10(20-15-11)12(3,4)5/h6-8H,1-5H3,(H,15,16). The van der Waals surface area contributed by atoms with E-state index >= 15 is 0 Å². The van der Waals surface area contributed by atoms with E-state index in [9.17, 15) is 8.42 Å². The van der Waals surface area contributed by atoms with Crippen LogP contribution in [0.15, 0.2) is 22.1 Å². The summed E-state index contributed by atoms with van der Waals surface area (Å²) in [4.78, 5) is 7.92.